The van der Waals surface area contributed by atoms with Crippen LogP contribution in [0.5, 0.6) is 0 Å². The number of sulfonamides is 1. The van der Waals surface area contributed by atoms with Crippen LogP contribution in [0.4, 0.5) is 0 Å². The summed E-state index contributed by atoms with van der Waals surface area (Å²) >= 11 is 5.77. The van der Waals surface area contributed by atoms with Gasteiger partial charge >= 0.3 is 0 Å². The maximum Gasteiger partial charge on any atom is 0.243 e. The number of nitrogens with zero attached hydrogens (tertiary/aromatic N) is 3. The van der Waals surface area contributed by atoms with Crippen LogP contribution in [-0.2, 0) is 10.0 Å². The van der Waals surface area contributed by atoms with Crippen LogP contribution in [-0.4, -0.2) is 36.0 Å². The molecule has 24 heavy (non-hydrogen) atoms. The number of halogens is 1. The maximum atomic E-state index is 13.1. The maximum absolute atomic E-state index is 13.1. The van der Waals surface area contributed by atoms with Crippen molar-refractivity contribution in [1.82, 2.24) is 14.5 Å². The third-order valence-electron chi connectivity index (χ3n) is 4.30. The zero-order valence-corrected chi connectivity index (χ0v) is 15.1. The molecule has 128 valence electrons. The Morgan fingerprint density at radius 1 is 1.00 bits per heavy atom. The lowest BCUT2D eigenvalue weighted by Gasteiger charge is -2.21. The fourth-order valence-electron chi connectivity index (χ4n) is 2.93. The summed E-state index contributed by atoms with van der Waals surface area (Å²) in [7, 11) is -3.50. The summed E-state index contributed by atoms with van der Waals surface area (Å²) in [6.45, 7) is 3.00. The SMILES string of the molecule is Cc1ccc(-c2ccc(Cl)nn2)cc1S(=O)(=O)N1CCCCCC1. The predicted molar refractivity (Wildman–Crippen MR) is 94.4 cm³/mol. The van der Waals surface area contributed by atoms with Gasteiger partial charge in [-0.05, 0) is 43.5 Å². The molecule has 0 spiro atoms. The Morgan fingerprint density at radius 2 is 1.71 bits per heavy atom. The van der Waals surface area contributed by atoms with E-state index in [4.69, 9.17) is 11.6 Å². The summed E-state index contributed by atoms with van der Waals surface area (Å²) in [5, 5.41) is 8.17. The van der Waals surface area contributed by atoms with Crippen molar-refractivity contribution in [3.63, 3.8) is 0 Å². The van der Waals surface area contributed by atoms with Gasteiger partial charge in [-0.25, -0.2) is 8.42 Å². The van der Waals surface area contributed by atoms with Crippen LogP contribution in [0, 0.1) is 6.92 Å². The minimum atomic E-state index is -3.50. The largest absolute Gasteiger partial charge is 0.243 e. The summed E-state index contributed by atoms with van der Waals surface area (Å²) in [6.07, 6.45) is 4.01. The molecule has 0 saturated carbocycles. The second-order valence-corrected chi connectivity index (χ2v) is 8.33. The molecule has 1 fully saturated rings. The van der Waals surface area contributed by atoms with Crippen molar-refractivity contribution in [3.8, 4) is 11.3 Å². The Morgan fingerprint density at radius 3 is 2.33 bits per heavy atom. The van der Waals surface area contributed by atoms with Gasteiger partial charge in [0.25, 0.3) is 0 Å². The summed E-state index contributed by atoms with van der Waals surface area (Å²) in [4.78, 5) is 0.346. The average molecular weight is 366 g/mol. The normalized spacial score (nSPS) is 16.8. The Labute approximate surface area is 147 Å². The van der Waals surface area contributed by atoms with Crippen molar-refractivity contribution in [3.05, 3.63) is 41.0 Å². The molecule has 2 heterocycles. The molecule has 0 radical (unpaired) electrons. The van der Waals surface area contributed by atoms with Gasteiger partial charge in [0.05, 0.1) is 10.6 Å². The Bertz CT molecular complexity index is 814. The fourth-order valence-corrected chi connectivity index (χ4v) is 4.80. The molecular weight excluding hydrogens is 346 g/mol. The average Bonchev–Trinajstić information content (AvgIpc) is 2.86. The highest BCUT2D eigenvalue weighted by molar-refractivity contribution is 7.89. The van der Waals surface area contributed by atoms with Crippen LogP contribution in [0.2, 0.25) is 5.15 Å². The summed E-state index contributed by atoms with van der Waals surface area (Å²) in [5.74, 6) is 0. The van der Waals surface area contributed by atoms with Crippen LogP contribution in [0.15, 0.2) is 35.2 Å². The van der Waals surface area contributed by atoms with Crippen molar-refractivity contribution in [1.29, 1.82) is 0 Å². The van der Waals surface area contributed by atoms with Gasteiger partial charge in [-0.3, -0.25) is 0 Å². The van der Waals surface area contributed by atoms with E-state index in [1.165, 1.54) is 0 Å². The minimum Gasteiger partial charge on any atom is -0.207 e. The molecule has 3 rings (SSSR count). The number of rotatable bonds is 3. The van der Waals surface area contributed by atoms with Gasteiger partial charge in [0.15, 0.2) is 5.15 Å². The quantitative estimate of drug-likeness (QED) is 0.832. The van der Waals surface area contributed by atoms with Gasteiger partial charge < -0.3 is 0 Å². The van der Waals surface area contributed by atoms with Crippen molar-refractivity contribution in [2.45, 2.75) is 37.5 Å². The highest BCUT2D eigenvalue weighted by Gasteiger charge is 2.27. The van der Waals surface area contributed by atoms with Crippen molar-refractivity contribution < 1.29 is 8.42 Å². The molecule has 2 aromatic rings. The lowest BCUT2D eigenvalue weighted by atomic mass is 10.1. The first-order valence-electron chi connectivity index (χ1n) is 8.09. The highest BCUT2D eigenvalue weighted by Crippen LogP contribution is 2.27. The van der Waals surface area contributed by atoms with Gasteiger partial charge in [-0.1, -0.05) is 36.6 Å². The van der Waals surface area contributed by atoms with Gasteiger partial charge in [-0.15, -0.1) is 10.2 Å². The predicted octanol–water partition coefficient (Wildman–Crippen LogP) is 3.67. The molecule has 1 aliphatic heterocycles. The van der Waals surface area contributed by atoms with E-state index in [9.17, 15) is 8.42 Å². The molecule has 1 aromatic heterocycles. The first-order valence-corrected chi connectivity index (χ1v) is 9.91. The first-order chi connectivity index (χ1) is 11.5. The molecule has 0 amide bonds. The Hall–Kier alpha value is -1.50. The zero-order valence-electron chi connectivity index (χ0n) is 13.6. The van der Waals surface area contributed by atoms with E-state index in [0.717, 1.165) is 36.8 Å². The van der Waals surface area contributed by atoms with Gasteiger partial charge in [0, 0.05) is 18.7 Å². The van der Waals surface area contributed by atoms with Gasteiger partial charge in [-0.2, -0.15) is 4.31 Å². The van der Waals surface area contributed by atoms with E-state index in [1.54, 1.807) is 22.5 Å². The third-order valence-corrected chi connectivity index (χ3v) is 6.54. The molecule has 7 heteroatoms. The van der Waals surface area contributed by atoms with Crippen LogP contribution in [0.3, 0.4) is 0 Å². The standard InChI is InChI=1S/C17H20ClN3O2S/c1-13-6-7-14(15-8-9-17(18)20-19-15)12-16(13)24(22,23)21-10-4-2-3-5-11-21/h6-9,12H,2-5,10-11H2,1H3. The molecule has 0 unspecified atom stereocenters. The molecule has 0 aliphatic carbocycles. The van der Waals surface area contributed by atoms with E-state index in [2.05, 4.69) is 10.2 Å². The number of benzene rings is 1. The number of hydrogen-bond acceptors (Lipinski definition) is 4. The van der Waals surface area contributed by atoms with Gasteiger partial charge in [0.1, 0.15) is 0 Å². The molecule has 1 aliphatic rings. The van der Waals surface area contributed by atoms with Crippen LogP contribution >= 0.6 is 11.6 Å². The van der Waals surface area contributed by atoms with Crippen molar-refractivity contribution in [2.75, 3.05) is 13.1 Å². The Kier molecular flexibility index (Phi) is 5.18. The number of aromatic nitrogens is 2. The van der Waals surface area contributed by atoms with E-state index in [1.807, 2.05) is 19.1 Å². The smallest absolute Gasteiger partial charge is 0.207 e. The molecule has 0 N–H and O–H groups in total. The lowest BCUT2D eigenvalue weighted by molar-refractivity contribution is 0.423. The van der Waals surface area contributed by atoms with E-state index in [0.29, 0.717) is 28.8 Å². The molecule has 1 saturated heterocycles. The summed E-state index contributed by atoms with van der Waals surface area (Å²) in [6, 6.07) is 8.74. The monoisotopic (exact) mass is 365 g/mol. The molecule has 0 bridgehead atoms. The third kappa shape index (κ3) is 3.61. The zero-order chi connectivity index (χ0) is 17.2. The topological polar surface area (TPSA) is 63.2 Å². The lowest BCUT2D eigenvalue weighted by Crippen LogP contribution is -2.32. The molecule has 0 atom stereocenters. The first kappa shape index (κ1) is 17.3. The minimum absolute atomic E-state index is 0.309. The highest BCUT2D eigenvalue weighted by atomic mass is 35.5. The van der Waals surface area contributed by atoms with E-state index >= 15 is 0 Å². The van der Waals surface area contributed by atoms with Crippen LogP contribution in [0.1, 0.15) is 31.2 Å². The van der Waals surface area contributed by atoms with Crippen molar-refractivity contribution in [2.24, 2.45) is 0 Å². The molecule has 5 nitrogen and oxygen atoms in total. The van der Waals surface area contributed by atoms with Crippen LogP contribution in [0.25, 0.3) is 11.3 Å². The van der Waals surface area contributed by atoms with E-state index < -0.39 is 10.0 Å². The number of aryl methyl sites for hydroxylation is 1. The summed E-state index contributed by atoms with van der Waals surface area (Å²) in [5.41, 5.74) is 2.06. The van der Waals surface area contributed by atoms with Gasteiger partial charge in [0.2, 0.25) is 10.0 Å². The van der Waals surface area contributed by atoms with E-state index in [-0.39, 0.29) is 0 Å². The fraction of sp³-hybridized carbons (Fsp3) is 0.412. The Balaban J connectivity index is 2.00. The van der Waals surface area contributed by atoms with Crippen molar-refractivity contribution >= 4 is 21.6 Å². The number of hydrogen-bond donors (Lipinski definition) is 0. The molecular formula is C17H20ClN3O2S. The summed E-state index contributed by atoms with van der Waals surface area (Å²) < 4.78 is 27.7. The molecule has 1 aromatic carbocycles. The second kappa shape index (κ2) is 7.17. The second-order valence-electron chi connectivity index (χ2n) is 6.04. The van der Waals surface area contributed by atoms with Crippen LogP contribution < -0.4 is 0 Å².